The highest BCUT2D eigenvalue weighted by molar-refractivity contribution is 5.56. The number of aromatic nitrogens is 2. The fourth-order valence-corrected chi connectivity index (χ4v) is 1.36. The fraction of sp³-hybridized carbons (Fsp3) is 0. The lowest BCUT2D eigenvalue weighted by atomic mass is 10.2. The Hall–Kier alpha value is -2.68. The van der Waals surface area contributed by atoms with Crippen LogP contribution < -0.4 is 0 Å². The Morgan fingerprint density at radius 2 is 2.31 bits per heavy atom. The second-order valence-electron chi connectivity index (χ2n) is 3.04. The van der Waals surface area contributed by atoms with E-state index in [0.29, 0.717) is 11.3 Å². The SMILES string of the molecule is N#Cc1ccc([N+](=O)[O-])c(-n2ccnc2)c1. The minimum absolute atomic E-state index is 0.0583. The third-order valence-corrected chi connectivity index (χ3v) is 2.08. The Morgan fingerprint density at radius 3 is 2.88 bits per heavy atom. The topological polar surface area (TPSA) is 84.7 Å². The molecular formula is C10H6N4O2. The van der Waals surface area contributed by atoms with Gasteiger partial charge in [-0.1, -0.05) is 0 Å². The molecule has 1 heterocycles. The number of nitro benzene ring substituents is 1. The van der Waals surface area contributed by atoms with Gasteiger partial charge < -0.3 is 4.57 Å². The molecule has 6 nitrogen and oxygen atoms in total. The van der Waals surface area contributed by atoms with Gasteiger partial charge in [0.05, 0.1) is 22.9 Å². The Balaban J connectivity index is 2.65. The van der Waals surface area contributed by atoms with Gasteiger partial charge in [0.15, 0.2) is 0 Å². The first-order chi connectivity index (χ1) is 7.72. The summed E-state index contributed by atoms with van der Waals surface area (Å²) in [5, 5.41) is 19.5. The van der Waals surface area contributed by atoms with E-state index in [-0.39, 0.29) is 5.69 Å². The number of nitriles is 1. The van der Waals surface area contributed by atoms with Crippen LogP contribution in [0.4, 0.5) is 5.69 Å². The Kier molecular flexibility index (Phi) is 2.36. The quantitative estimate of drug-likeness (QED) is 0.562. The van der Waals surface area contributed by atoms with Crippen LogP contribution >= 0.6 is 0 Å². The van der Waals surface area contributed by atoms with E-state index in [9.17, 15) is 10.1 Å². The molecule has 0 spiro atoms. The molecule has 2 rings (SSSR count). The van der Waals surface area contributed by atoms with Crippen LogP contribution in [0.15, 0.2) is 36.9 Å². The average Bonchev–Trinajstić information content (AvgIpc) is 2.81. The zero-order valence-corrected chi connectivity index (χ0v) is 8.07. The molecule has 0 fully saturated rings. The first kappa shape index (κ1) is 9.86. The number of imidazole rings is 1. The first-order valence-electron chi connectivity index (χ1n) is 4.39. The molecule has 0 aliphatic carbocycles. The van der Waals surface area contributed by atoms with Gasteiger partial charge in [0.25, 0.3) is 5.69 Å². The zero-order valence-electron chi connectivity index (χ0n) is 8.07. The van der Waals surface area contributed by atoms with Crippen LogP contribution in [0.5, 0.6) is 0 Å². The second-order valence-corrected chi connectivity index (χ2v) is 3.04. The van der Waals surface area contributed by atoms with Crippen molar-refractivity contribution in [3.05, 3.63) is 52.6 Å². The average molecular weight is 214 g/mol. The molecule has 2 aromatic rings. The summed E-state index contributed by atoms with van der Waals surface area (Å²) in [5.74, 6) is 0. The maximum atomic E-state index is 10.8. The van der Waals surface area contributed by atoms with E-state index in [1.807, 2.05) is 6.07 Å². The van der Waals surface area contributed by atoms with Crippen molar-refractivity contribution in [1.82, 2.24) is 9.55 Å². The summed E-state index contributed by atoms with van der Waals surface area (Å²) >= 11 is 0. The molecular weight excluding hydrogens is 208 g/mol. The fourth-order valence-electron chi connectivity index (χ4n) is 1.36. The molecule has 0 atom stereocenters. The molecule has 16 heavy (non-hydrogen) atoms. The van der Waals surface area contributed by atoms with E-state index < -0.39 is 4.92 Å². The Labute approximate surface area is 90.5 Å². The molecule has 78 valence electrons. The predicted molar refractivity (Wildman–Crippen MR) is 54.9 cm³/mol. The van der Waals surface area contributed by atoms with Gasteiger partial charge >= 0.3 is 0 Å². The number of hydrogen-bond acceptors (Lipinski definition) is 4. The molecule has 0 unspecified atom stereocenters. The van der Waals surface area contributed by atoms with Crippen molar-refractivity contribution < 1.29 is 4.92 Å². The van der Waals surface area contributed by atoms with E-state index in [1.165, 1.54) is 35.3 Å². The normalized spacial score (nSPS) is 9.69. The smallest absolute Gasteiger partial charge is 0.293 e. The third-order valence-electron chi connectivity index (χ3n) is 2.08. The van der Waals surface area contributed by atoms with Crippen LogP contribution in [0, 0.1) is 21.4 Å². The molecule has 0 aliphatic heterocycles. The van der Waals surface area contributed by atoms with Gasteiger partial charge in [-0.25, -0.2) is 4.98 Å². The third kappa shape index (κ3) is 1.62. The van der Waals surface area contributed by atoms with Crippen LogP contribution in [0.1, 0.15) is 5.56 Å². The summed E-state index contributed by atoms with van der Waals surface area (Å²) in [6.07, 6.45) is 4.55. The number of rotatable bonds is 2. The van der Waals surface area contributed by atoms with Gasteiger partial charge in [0.2, 0.25) is 0 Å². The Bertz CT molecular complexity index is 569. The van der Waals surface area contributed by atoms with Crippen molar-refractivity contribution >= 4 is 5.69 Å². The minimum atomic E-state index is -0.490. The molecule has 0 saturated heterocycles. The van der Waals surface area contributed by atoms with Gasteiger partial charge in [0, 0.05) is 18.5 Å². The van der Waals surface area contributed by atoms with E-state index in [1.54, 1.807) is 6.20 Å². The molecule has 1 aromatic heterocycles. The van der Waals surface area contributed by atoms with Crippen molar-refractivity contribution in [2.45, 2.75) is 0 Å². The molecule has 0 amide bonds. The molecule has 0 radical (unpaired) electrons. The molecule has 1 aromatic carbocycles. The minimum Gasteiger partial charge on any atom is -0.300 e. The summed E-state index contributed by atoms with van der Waals surface area (Å²) in [4.78, 5) is 14.1. The van der Waals surface area contributed by atoms with Gasteiger partial charge in [-0.3, -0.25) is 10.1 Å². The molecule has 0 bridgehead atoms. The first-order valence-corrected chi connectivity index (χ1v) is 4.39. The van der Waals surface area contributed by atoms with Crippen LogP contribution in [-0.2, 0) is 0 Å². The number of nitrogens with zero attached hydrogens (tertiary/aromatic N) is 4. The van der Waals surface area contributed by atoms with E-state index in [2.05, 4.69) is 4.98 Å². The van der Waals surface area contributed by atoms with E-state index in [4.69, 9.17) is 5.26 Å². The lowest BCUT2D eigenvalue weighted by molar-refractivity contribution is -0.384. The zero-order chi connectivity index (χ0) is 11.5. The lowest BCUT2D eigenvalue weighted by Gasteiger charge is -2.03. The van der Waals surface area contributed by atoms with E-state index >= 15 is 0 Å². The maximum Gasteiger partial charge on any atom is 0.293 e. The summed E-state index contributed by atoms with van der Waals surface area (Å²) < 4.78 is 1.50. The molecule has 6 heteroatoms. The van der Waals surface area contributed by atoms with Crippen molar-refractivity contribution in [2.75, 3.05) is 0 Å². The molecule has 0 N–H and O–H groups in total. The largest absolute Gasteiger partial charge is 0.300 e. The summed E-state index contributed by atoms with van der Waals surface area (Å²) in [6, 6.07) is 6.13. The van der Waals surface area contributed by atoms with Crippen LogP contribution in [0.25, 0.3) is 5.69 Å². The van der Waals surface area contributed by atoms with Gasteiger partial charge in [-0.2, -0.15) is 5.26 Å². The van der Waals surface area contributed by atoms with Crippen molar-refractivity contribution in [3.8, 4) is 11.8 Å². The van der Waals surface area contributed by atoms with Crippen LogP contribution in [0.2, 0.25) is 0 Å². The monoisotopic (exact) mass is 214 g/mol. The predicted octanol–water partition coefficient (Wildman–Crippen LogP) is 1.65. The van der Waals surface area contributed by atoms with Crippen molar-refractivity contribution in [1.29, 1.82) is 5.26 Å². The molecule has 0 saturated carbocycles. The van der Waals surface area contributed by atoms with Gasteiger partial charge in [-0.05, 0) is 12.1 Å². The second kappa shape index (κ2) is 3.82. The summed E-state index contributed by atoms with van der Waals surface area (Å²) in [5.41, 5.74) is 0.646. The maximum absolute atomic E-state index is 10.8. The summed E-state index contributed by atoms with van der Waals surface area (Å²) in [7, 11) is 0. The lowest BCUT2D eigenvalue weighted by Crippen LogP contribution is -1.98. The van der Waals surface area contributed by atoms with Crippen LogP contribution in [-0.4, -0.2) is 14.5 Å². The van der Waals surface area contributed by atoms with Crippen molar-refractivity contribution in [2.24, 2.45) is 0 Å². The number of nitro groups is 1. The highest BCUT2D eigenvalue weighted by Gasteiger charge is 2.15. The highest BCUT2D eigenvalue weighted by Crippen LogP contribution is 2.23. The van der Waals surface area contributed by atoms with Gasteiger partial charge in [-0.15, -0.1) is 0 Å². The van der Waals surface area contributed by atoms with Crippen LogP contribution in [0.3, 0.4) is 0 Å². The highest BCUT2D eigenvalue weighted by atomic mass is 16.6. The number of benzene rings is 1. The number of hydrogen-bond donors (Lipinski definition) is 0. The van der Waals surface area contributed by atoms with E-state index in [0.717, 1.165) is 0 Å². The molecule has 0 aliphatic rings. The van der Waals surface area contributed by atoms with Crippen molar-refractivity contribution in [3.63, 3.8) is 0 Å². The Morgan fingerprint density at radius 1 is 1.50 bits per heavy atom. The van der Waals surface area contributed by atoms with Gasteiger partial charge in [0.1, 0.15) is 5.69 Å². The summed E-state index contributed by atoms with van der Waals surface area (Å²) in [6.45, 7) is 0. The standard InChI is InChI=1S/C10H6N4O2/c11-6-8-1-2-9(14(15)16)10(5-8)13-4-3-12-7-13/h1-5,7H.